The summed E-state index contributed by atoms with van der Waals surface area (Å²) in [7, 11) is 0. The van der Waals surface area contributed by atoms with E-state index in [9.17, 15) is 4.79 Å². The van der Waals surface area contributed by atoms with E-state index >= 15 is 0 Å². The van der Waals surface area contributed by atoms with Crippen LogP contribution in [0.1, 0.15) is 13.3 Å². The summed E-state index contributed by atoms with van der Waals surface area (Å²) in [6.45, 7) is 1.60. The van der Waals surface area contributed by atoms with E-state index < -0.39 is 5.97 Å². The number of halogens is 1. The van der Waals surface area contributed by atoms with Crippen LogP contribution in [-0.4, -0.2) is 16.9 Å². The van der Waals surface area contributed by atoms with Gasteiger partial charge < -0.3 is 5.11 Å². The van der Waals surface area contributed by atoms with Crippen LogP contribution in [0.2, 0.25) is 0 Å². The molecule has 0 saturated carbocycles. The quantitative estimate of drug-likeness (QED) is 0.603. The van der Waals surface area contributed by atoms with Crippen molar-refractivity contribution >= 4 is 21.9 Å². The maximum atomic E-state index is 9.37. The molecule has 1 N–H and O–H groups in total. The summed E-state index contributed by atoms with van der Waals surface area (Å²) in [5.41, 5.74) is 0. The van der Waals surface area contributed by atoms with E-state index in [1.54, 1.807) is 6.92 Å². The fourth-order valence-electron chi connectivity index (χ4n) is 0. The Morgan fingerprint density at radius 3 is 1.86 bits per heavy atom. The first-order valence-electron chi connectivity index (χ1n) is 1.87. The van der Waals surface area contributed by atoms with Crippen molar-refractivity contribution in [2.45, 2.75) is 13.3 Å². The van der Waals surface area contributed by atoms with Gasteiger partial charge in [0, 0.05) is 6.42 Å². The van der Waals surface area contributed by atoms with Crippen LogP contribution in [0, 0.1) is 0 Å². The number of aliphatic carboxylic acids is 1. The molecule has 0 bridgehead atoms. The van der Waals surface area contributed by atoms with Crippen LogP contribution >= 0.6 is 15.9 Å². The topological polar surface area (TPSA) is 37.3 Å². The van der Waals surface area contributed by atoms with Crippen LogP contribution < -0.4 is 0 Å². The van der Waals surface area contributed by atoms with E-state index in [-0.39, 0.29) is 6.42 Å². The minimum atomic E-state index is -0.745. The first-order chi connectivity index (χ1) is 3.27. The van der Waals surface area contributed by atoms with Crippen molar-refractivity contribution in [3.63, 3.8) is 0 Å². The maximum Gasteiger partial charge on any atom is 0.303 e. The van der Waals surface area contributed by atoms with Crippen LogP contribution in [-0.2, 0) is 4.79 Å². The SMILES string of the molecule is CBr.CCC(=O)O. The van der Waals surface area contributed by atoms with Crippen molar-refractivity contribution in [2.24, 2.45) is 0 Å². The number of carbonyl (C=O) groups is 1. The van der Waals surface area contributed by atoms with Crippen molar-refractivity contribution < 1.29 is 9.90 Å². The van der Waals surface area contributed by atoms with Gasteiger partial charge >= 0.3 is 5.97 Å². The molecule has 7 heavy (non-hydrogen) atoms. The summed E-state index contributed by atoms with van der Waals surface area (Å²) in [5.74, 6) is 1.07. The molecule has 44 valence electrons. The first kappa shape index (κ1) is 10.0. The molecule has 0 aliphatic heterocycles. The van der Waals surface area contributed by atoms with Gasteiger partial charge in [-0.3, -0.25) is 4.79 Å². The average molecular weight is 169 g/mol. The van der Waals surface area contributed by atoms with Gasteiger partial charge in [-0.2, -0.15) is 0 Å². The van der Waals surface area contributed by atoms with Crippen molar-refractivity contribution in [3.05, 3.63) is 0 Å². The lowest BCUT2D eigenvalue weighted by molar-refractivity contribution is -0.136. The summed E-state index contributed by atoms with van der Waals surface area (Å²) in [6.07, 6.45) is 0.222. The zero-order chi connectivity index (χ0) is 6.28. The molecule has 0 spiro atoms. The highest BCUT2D eigenvalue weighted by Gasteiger charge is 1.80. The second-order valence-corrected chi connectivity index (χ2v) is 0.747. The number of hydrogen-bond donors (Lipinski definition) is 1. The smallest absolute Gasteiger partial charge is 0.303 e. The molecule has 0 saturated heterocycles. The van der Waals surface area contributed by atoms with E-state index in [1.807, 2.05) is 5.83 Å². The Balaban J connectivity index is 0. The zero-order valence-corrected chi connectivity index (χ0v) is 6.03. The fraction of sp³-hybridized carbons (Fsp3) is 0.750. The van der Waals surface area contributed by atoms with E-state index in [1.165, 1.54) is 0 Å². The molecular weight excluding hydrogens is 160 g/mol. The lowest BCUT2D eigenvalue weighted by Crippen LogP contribution is -1.86. The van der Waals surface area contributed by atoms with Crippen LogP contribution in [0.25, 0.3) is 0 Å². The molecule has 0 aromatic carbocycles. The van der Waals surface area contributed by atoms with Gasteiger partial charge in [0.1, 0.15) is 0 Å². The van der Waals surface area contributed by atoms with Gasteiger partial charge in [-0.15, -0.1) is 0 Å². The molecule has 0 rings (SSSR count). The molecule has 0 atom stereocenters. The third kappa shape index (κ3) is 24.4. The predicted octanol–water partition coefficient (Wildman–Crippen LogP) is 1.49. The molecular formula is C4H9BrO2. The molecule has 0 amide bonds. The van der Waals surface area contributed by atoms with Gasteiger partial charge in [-0.25, -0.2) is 0 Å². The average Bonchev–Trinajstić information content (AvgIpc) is 1.73. The molecule has 2 nitrogen and oxygen atoms in total. The number of hydrogen-bond acceptors (Lipinski definition) is 1. The van der Waals surface area contributed by atoms with Crippen molar-refractivity contribution in [1.82, 2.24) is 0 Å². The monoisotopic (exact) mass is 168 g/mol. The second kappa shape index (κ2) is 9.34. The van der Waals surface area contributed by atoms with E-state index in [4.69, 9.17) is 5.11 Å². The van der Waals surface area contributed by atoms with Crippen molar-refractivity contribution in [3.8, 4) is 0 Å². The molecule has 0 aromatic heterocycles. The molecule has 0 radical (unpaired) electrons. The van der Waals surface area contributed by atoms with Crippen LogP contribution in [0.4, 0.5) is 0 Å². The van der Waals surface area contributed by atoms with Gasteiger partial charge in [-0.1, -0.05) is 22.9 Å². The fourth-order valence-corrected chi connectivity index (χ4v) is 0. The summed E-state index contributed by atoms with van der Waals surface area (Å²) in [5, 5.41) is 7.72. The Labute approximate surface area is 51.7 Å². The number of alkyl halides is 1. The number of rotatable bonds is 1. The summed E-state index contributed by atoms with van der Waals surface area (Å²) >= 11 is 2.94. The predicted molar refractivity (Wildman–Crippen MR) is 32.8 cm³/mol. The number of carboxylic acids is 1. The normalized spacial score (nSPS) is 6.14. The van der Waals surface area contributed by atoms with E-state index in [2.05, 4.69) is 15.9 Å². The minimum absolute atomic E-state index is 0.222. The summed E-state index contributed by atoms with van der Waals surface area (Å²) < 4.78 is 0. The molecule has 0 heterocycles. The highest BCUT2D eigenvalue weighted by molar-refractivity contribution is 9.08. The van der Waals surface area contributed by atoms with Crippen molar-refractivity contribution in [2.75, 3.05) is 5.83 Å². The van der Waals surface area contributed by atoms with Gasteiger partial charge in [0.25, 0.3) is 0 Å². The summed E-state index contributed by atoms with van der Waals surface area (Å²) in [4.78, 5) is 9.37. The van der Waals surface area contributed by atoms with Gasteiger partial charge in [0.2, 0.25) is 0 Å². The molecule has 0 aliphatic carbocycles. The van der Waals surface area contributed by atoms with E-state index in [0.717, 1.165) is 0 Å². The third-order valence-electron chi connectivity index (χ3n) is 0.302. The lowest BCUT2D eigenvalue weighted by atomic mass is 10.5. The first-order valence-corrected chi connectivity index (χ1v) is 3.45. The van der Waals surface area contributed by atoms with Crippen molar-refractivity contribution in [1.29, 1.82) is 0 Å². The largest absolute Gasteiger partial charge is 0.481 e. The minimum Gasteiger partial charge on any atom is -0.481 e. The lowest BCUT2D eigenvalue weighted by Gasteiger charge is -1.71. The number of carboxylic acid groups (broad SMARTS) is 1. The van der Waals surface area contributed by atoms with Gasteiger partial charge in [0.05, 0.1) is 0 Å². The molecule has 0 aliphatic rings. The van der Waals surface area contributed by atoms with Crippen LogP contribution in [0.5, 0.6) is 0 Å². The van der Waals surface area contributed by atoms with Gasteiger partial charge in [0.15, 0.2) is 0 Å². The Morgan fingerprint density at radius 1 is 1.71 bits per heavy atom. The Kier molecular flexibility index (Phi) is 13.4. The van der Waals surface area contributed by atoms with E-state index in [0.29, 0.717) is 0 Å². The summed E-state index contributed by atoms with van der Waals surface area (Å²) in [6, 6.07) is 0. The molecule has 0 fully saturated rings. The molecule has 0 aromatic rings. The second-order valence-electron chi connectivity index (χ2n) is 0.747. The highest BCUT2D eigenvalue weighted by Crippen LogP contribution is 1.67. The zero-order valence-electron chi connectivity index (χ0n) is 4.44. The Bertz CT molecular complexity index is 45.0. The maximum absolute atomic E-state index is 9.37. The highest BCUT2D eigenvalue weighted by atomic mass is 79.9. The molecule has 3 heteroatoms. The Morgan fingerprint density at radius 2 is 1.86 bits per heavy atom. The van der Waals surface area contributed by atoms with Gasteiger partial charge in [-0.05, 0) is 5.83 Å². The Hall–Kier alpha value is -0.0500. The van der Waals surface area contributed by atoms with Crippen LogP contribution in [0.3, 0.4) is 0 Å². The molecule has 0 unspecified atom stereocenters. The standard InChI is InChI=1S/C3H6O2.CH3Br/c1-2-3(4)5;1-2/h2H2,1H3,(H,4,5);1H3. The van der Waals surface area contributed by atoms with Crippen LogP contribution in [0.15, 0.2) is 0 Å². The third-order valence-corrected chi connectivity index (χ3v) is 0.302.